The number of carbonyl (C=O) groups excluding carboxylic acids is 1. The summed E-state index contributed by atoms with van der Waals surface area (Å²) >= 11 is 7.33. The van der Waals surface area contributed by atoms with Crippen LogP contribution in [-0.4, -0.2) is 37.8 Å². The highest BCUT2D eigenvalue weighted by Gasteiger charge is 2.13. The van der Waals surface area contributed by atoms with Crippen LogP contribution in [-0.2, 0) is 4.79 Å². The van der Waals surface area contributed by atoms with Crippen LogP contribution < -0.4 is 14.8 Å². The van der Waals surface area contributed by atoms with Crippen molar-refractivity contribution in [1.29, 1.82) is 0 Å². The molecular formula is C21H18ClN5O3S. The number of nitrogens with one attached hydrogen (secondary N) is 1. The van der Waals surface area contributed by atoms with Crippen molar-refractivity contribution in [3.05, 3.63) is 65.9 Å². The Balaban J connectivity index is 1.42. The Morgan fingerprint density at radius 3 is 2.77 bits per heavy atom. The van der Waals surface area contributed by atoms with Crippen molar-refractivity contribution in [3.63, 3.8) is 0 Å². The lowest BCUT2D eigenvalue weighted by Gasteiger charge is -2.13. The molecule has 0 aliphatic rings. The van der Waals surface area contributed by atoms with Gasteiger partial charge in [-0.3, -0.25) is 4.79 Å². The molecule has 158 valence electrons. The molecular weight excluding hydrogens is 438 g/mol. The third-order valence-electron chi connectivity index (χ3n) is 4.01. The first-order chi connectivity index (χ1) is 15.1. The quantitative estimate of drug-likeness (QED) is 0.385. The van der Waals surface area contributed by atoms with Gasteiger partial charge in [-0.15, -0.1) is 5.10 Å². The molecule has 0 bridgehead atoms. The van der Waals surface area contributed by atoms with E-state index < -0.39 is 0 Å². The first-order valence-corrected chi connectivity index (χ1v) is 10.8. The van der Waals surface area contributed by atoms with Crippen LogP contribution in [0.2, 0.25) is 5.02 Å². The lowest BCUT2D eigenvalue weighted by atomic mass is 10.2. The molecule has 4 rings (SSSR count). The van der Waals surface area contributed by atoms with E-state index in [2.05, 4.69) is 20.4 Å². The summed E-state index contributed by atoms with van der Waals surface area (Å²) in [5.74, 6) is 2.19. The summed E-state index contributed by atoms with van der Waals surface area (Å²) in [7, 11) is 0. The number of fused-ring (bicyclic) bond motifs is 1. The molecule has 0 aliphatic heterocycles. The molecule has 0 atom stereocenters. The summed E-state index contributed by atoms with van der Waals surface area (Å²) in [5, 5.41) is 8.05. The lowest BCUT2D eigenvalue weighted by Crippen LogP contribution is -2.14. The SMILES string of the molecule is CCOc1ccc(Oc2ccc(Cl)cc2NC(=O)CSc2nc3ncccn3n2)cc1. The number of thioether (sulfide) groups is 1. The zero-order chi connectivity index (χ0) is 21.6. The Morgan fingerprint density at radius 1 is 1.19 bits per heavy atom. The minimum absolute atomic E-state index is 0.117. The van der Waals surface area contributed by atoms with Crippen LogP contribution in [0.4, 0.5) is 5.69 Å². The number of ether oxygens (including phenoxy) is 2. The summed E-state index contributed by atoms with van der Waals surface area (Å²) in [6, 6.07) is 14.0. The molecule has 0 aliphatic carbocycles. The van der Waals surface area contributed by atoms with Crippen LogP contribution in [0.15, 0.2) is 66.1 Å². The second kappa shape index (κ2) is 9.67. The van der Waals surface area contributed by atoms with Crippen LogP contribution >= 0.6 is 23.4 Å². The number of amides is 1. The average molecular weight is 456 g/mol. The second-order valence-electron chi connectivity index (χ2n) is 6.24. The molecule has 0 saturated heterocycles. The van der Waals surface area contributed by atoms with Crippen LogP contribution in [0.25, 0.3) is 5.78 Å². The molecule has 4 aromatic rings. The van der Waals surface area contributed by atoms with Gasteiger partial charge >= 0.3 is 0 Å². The number of nitrogens with zero attached hydrogens (tertiary/aromatic N) is 4. The van der Waals surface area contributed by atoms with E-state index in [-0.39, 0.29) is 11.7 Å². The number of anilines is 1. The summed E-state index contributed by atoms with van der Waals surface area (Å²) < 4.78 is 12.9. The minimum atomic E-state index is -0.240. The Kier molecular flexibility index (Phi) is 6.54. The summed E-state index contributed by atoms with van der Waals surface area (Å²) in [4.78, 5) is 20.9. The van der Waals surface area contributed by atoms with Crippen molar-refractivity contribution in [2.75, 3.05) is 17.7 Å². The summed E-state index contributed by atoms with van der Waals surface area (Å²) in [5.41, 5.74) is 0.469. The van der Waals surface area contributed by atoms with E-state index in [1.807, 2.05) is 19.1 Å². The van der Waals surface area contributed by atoms with Gasteiger partial charge < -0.3 is 14.8 Å². The van der Waals surface area contributed by atoms with Crippen molar-refractivity contribution in [2.24, 2.45) is 0 Å². The number of carbonyl (C=O) groups is 1. The summed E-state index contributed by atoms with van der Waals surface area (Å²) in [6.07, 6.45) is 3.38. The zero-order valence-electron chi connectivity index (χ0n) is 16.5. The first-order valence-electron chi connectivity index (χ1n) is 9.41. The Labute approximate surface area is 187 Å². The third-order valence-corrected chi connectivity index (χ3v) is 5.08. The van der Waals surface area contributed by atoms with Crippen LogP contribution in [0, 0.1) is 0 Å². The lowest BCUT2D eigenvalue weighted by molar-refractivity contribution is -0.113. The average Bonchev–Trinajstić information content (AvgIpc) is 3.19. The second-order valence-corrected chi connectivity index (χ2v) is 7.62. The predicted molar refractivity (Wildman–Crippen MR) is 119 cm³/mol. The molecule has 2 heterocycles. The Bertz CT molecular complexity index is 1170. The van der Waals surface area contributed by atoms with E-state index in [4.69, 9.17) is 21.1 Å². The molecule has 0 unspecified atom stereocenters. The van der Waals surface area contributed by atoms with Gasteiger partial charge in [0, 0.05) is 17.4 Å². The van der Waals surface area contributed by atoms with Crippen LogP contribution in [0.3, 0.4) is 0 Å². The van der Waals surface area contributed by atoms with E-state index in [1.54, 1.807) is 53.3 Å². The number of rotatable bonds is 8. The molecule has 0 radical (unpaired) electrons. The topological polar surface area (TPSA) is 90.6 Å². The number of halogens is 1. The monoisotopic (exact) mass is 455 g/mol. The van der Waals surface area contributed by atoms with Gasteiger partial charge in [0.15, 0.2) is 5.75 Å². The molecule has 10 heteroatoms. The maximum Gasteiger partial charge on any atom is 0.253 e. The molecule has 1 amide bonds. The number of benzene rings is 2. The molecule has 1 N–H and O–H groups in total. The minimum Gasteiger partial charge on any atom is -0.494 e. The normalized spacial score (nSPS) is 10.8. The van der Waals surface area contributed by atoms with Gasteiger partial charge in [-0.1, -0.05) is 23.4 Å². The van der Waals surface area contributed by atoms with E-state index in [0.717, 1.165) is 5.75 Å². The summed E-state index contributed by atoms with van der Waals surface area (Å²) in [6.45, 7) is 2.51. The van der Waals surface area contributed by atoms with Crippen LogP contribution in [0.1, 0.15) is 6.92 Å². The smallest absolute Gasteiger partial charge is 0.253 e. The van der Waals surface area contributed by atoms with Crippen molar-refractivity contribution < 1.29 is 14.3 Å². The van der Waals surface area contributed by atoms with Gasteiger partial charge in [0.2, 0.25) is 11.1 Å². The van der Waals surface area contributed by atoms with Crippen molar-refractivity contribution in [3.8, 4) is 17.2 Å². The Hall–Kier alpha value is -3.30. The van der Waals surface area contributed by atoms with E-state index in [9.17, 15) is 4.79 Å². The molecule has 8 nitrogen and oxygen atoms in total. The maximum absolute atomic E-state index is 12.5. The van der Waals surface area contributed by atoms with Gasteiger partial charge in [0.05, 0.1) is 18.0 Å². The van der Waals surface area contributed by atoms with E-state index >= 15 is 0 Å². The molecule has 31 heavy (non-hydrogen) atoms. The zero-order valence-corrected chi connectivity index (χ0v) is 18.1. The van der Waals surface area contributed by atoms with Gasteiger partial charge in [0.1, 0.15) is 11.5 Å². The highest BCUT2D eigenvalue weighted by molar-refractivity contribution is 7.99. The van der Waals surface area contributed by atoms with Gasteiger partial charge in [-0.05, 0) is 55.5 Å². The Morgan fingerprint density at radius 2 is 2.00 bits per heavy atom. The third kappa shape index (κ3) is 5.44. The van der Waals surface area contributed by atoms with Crippen molar-refractivity contribution in [2.45, 2.75) is 12.1 Å². The fourth-order valence-corrected chi connectivity index (χ4v) is 3.47. The van der Waals surface area contributed by atoms with Gasteiger partial charge in [-0.2, -0.15) is 4.98 Å². The molecule has 2 aromatic heterocycles. The fourth-order valence-electron chi connectivity index (χ4n) is 2.68. The van der Waals surface area contributed by atoms with Gasteiger partial charge in [0.25, 0.3) is 5.78 Å². The molecule has 0 fully saturated rings. The predicted octanol–water partition coefficient (Wildman–Crippen LogP) is 4.70. The fraction of sp³-hybridized carbons (Fsp3) is 0.143. The molecule has 0 saturated carbocycles. The van der Waals surface area contributed by atoms with E-state index in [0.29, 0.717) is 39.8 Å². The van der Waals surface area contributed by atoms with Crippen molar-refractivity contribution in [1.82, 2.24) is 19.6 Å². The number of aromatic nitrogens is 4. The first kappa shape index (κ1) is 21.0. The van der Waals surface area contributed by atoms with Crippen molar-refractivity contribution >= 4 is 40.7 Å². The highest BCUT2D eigenvalue weighted by atomic mass is 35.5. The van der Waals surface area contributed by atoms with Crippen LogP contribution in [0.5, 0.6) is 17.2 Å². The number of hydrogen-bond acceptors (Lipinski definition) is 7. The molecule has 2 aromatic carbocycles. The maximum atomic E-state index is 12.5. The number of hydrogen-bond donors (Lipinski definition) is 1. The van der Waals surface area contributed by atoms with Gasteiger partial charge in [-0.25, -0.2) is 9.50 Å². The van der Waals surface area contributed by atoms with E-state index in [1.165, 1.54) is 11.8 Å². The molecule has 0 spiro atoms. The standard InChI is InChI=1S/C21H18ClN5O3S/c1-2-29-15-5-7-16(8-6-15)30-18-9-4-14(22)12-17(18)24-19(28)13-31-21-25-20-23-10-3-11-27(20)26-21/h3-12H,2,13H2,1H3,(H,24,28). The highest BCUT2D eigenvalue weighted by Crippen LogP contribution is 2.33. The largest absolute Gasteiger partial charge is 0.494 e.